The van der Waals surface area contributed by atoms with Crippen LogP contribution in [0.1, 0.15) is 40.0 Å². The van der Waals surface area contributed by atoms with E-state index in [1.165, 1.54) is 4.90 Å². The van der Waals surface area contributed by atoms with E-state index in [-0.39, 0.29) is 25.0 Å². The summed E-state index contributed by atoms with van der Waals surface area (Å²) in [7, 11) is 0. The molecule has 3 heterocycles. The van der Waals surface area contributed by atoms with Gasteiger partial charge in [-0.2, -0.15) is 0 Å². The summed E-state index contributed by atoms with van der Waals surface area (Å²) in [5, 5.41) is 13.7. The lowest BCUT2D eigenvalue weighted by atomic mass is 9.70. The summed E-state index contributed by atoms with van der Waals surface area (Å²) in [6, 6.07) is 5.15. The summed E-state index contributed by atoms with van der Waals surface area (Å²) in [4.78, 5) is 41.9. The Kier molecular flexibility index (Phi) is 6.71. The third-order valence-corrected chi connectivity index (χ3v) is 7.75. The number of ether oxygens (including phenoxy) is 2. The SMILES string of the molecule is CCOC(=O)[C@@H]1[C@H]2C(=O)N([C@@H](CO)[C@@H](C)CC)[C@H](C(=O)Nc3ccc(Cl)cc3)[C@]23CC[C@H]1O3. The Morgan fingerprint density at radius 2 is 2.03 bits per heavy atom. The van der Waals surface area contributed by atoms with Gasteiger partial charge in [0.05, 0.1) is 37.2 Å². The molecule has 9 heteroatoms. The first-order chi connectivity index (χ1) is 15.8. The number of amides is 2. The molecule has 2 amide bonds. The maximum atomic E-state index is 13.9. The molecule has 33 heavy (non-hydrogen) atoms. The third-order valence-electron chi connectivity index (χ3n) is 7.50. The Hall–Kier alpha value is -2.16. The smallest absolute Gasteiger partial charge is 0.312 e. The summed E-state index contributed by atoms with van der Waals surface area (Å²) in [5.74, 6) is -2.82. The van der Waals surface area contributed by atoms with E-state index in [1.807, 2.05) is 13.8 Å². The van der Waals surface area contributed by atoms with Crippen molar-refractivity contribution in [1.29, 1.82) is 0 Å². The van der Waals surface area contributed by atoms with Crippen molar-refractivity contribution in [2.45, 2.75) is 63.8 Å². The van der Waals surface area contributed by atoms with Gasteiger partial charge in [-0.3, -0.25) is 14.4 Å². The van der Waals surface area contributed by atoms with E-state index < -0.39 is 47.5 Å². The fraction of sp³-hybridized carbons (Fsp3) is 0.625. The number of nitrogens with zero attached hydrogens (tertiary/aromatic N) is 1. The molecule has 3 aliphatic rings. The minimum Gasteiger partial charge on any atom is -0.466 e. The van der Waals surface area contributed by atoms with Crippen LogP contribution in [0.2, 0.25) is 5.02 Å². The maximum Gasteiger partial charge on any atom is 0.312 e. The van der Waals surface area contributed by atoms with Crippen molar-refractivity contribution in [3.8, 4) is 0 Å². The summed E-state index contributed by atoms with van der Waals surface area (Å²) in [6.45, 7) is 5.54. The highest BCUT2D eigenvalue weighted by Crippen LogP contribution is 2.59. The minimum absolute atomic E-state index is 0.0572. The van der Waals surface area contributed by atoms with Crippen LogP contribution in [-0.2, 0) is 23.9 Å². The monoisotopic (exact) mass is 478 g/mol. The molecule has 2 N–H and O–H groups in total. The molecule has 2 bridgehead atoms. The van der Waals surface area contributed by atoms with Gasteiger partial charge in [0.25, 0.3) is 0 Å². The summed E-state index contributed by atoms with van der Waals surface area (Å²) < 4.78 is 11.6. The highest BCUT2D eigenvalue weighted by atomic mass is 35.5. The van der Waals surface area contributed by atoms with E-state index >= 15 is 0 Å². The Balaban J connectivity index is 1.75. The highest BCUT2D eigenvalue weighted by molar-refractivity contribution is 6.30. The van der Waals surface area contributed by atoms with E-state index in [2.05, 4.69) is 5.32 Å². The number of fused-ring (bicyclic) bond motifs is 1. The predicted molar refractivity (Wildman–Crippen MR) is 121 cm³/mol. The number of hydrogen-bond acceptors (Lipinski definition) is 6. The predicted octanol–water partition coefficient (Wildman–Crippen LogP) is 2.62. The molecule has 180 valence electrons. The van der Waals surface area contributed by atoms with Crippen molar-refractivity contribution in [3.63, 3.8) is 0 Å². The van der Waals surface area contributed by atoms with Crippen molar-refractivity contribution >= 4 is 35.1 Å². The molecule has 3 saturated heterocycles. The molecular weight excluding hydrogens is 448 g/mol. The normalized spacial score (nSPS) is 31.9. The van der Waals surface area contributed by atoms with Crippen molar-refractivity contribution in [2.75, 3.05) is 18.5 Å². The lowest BCUT2D eigenvalue weighted by molar-refractivity contribution is -0.155. The lowest BCUT2D eigenvalue weighted by Gasteiger charge is -2.38. The molecule has 0 saturated carbocycles. The van der Waals surface area contributed by atoms with Gasteiger partial charge >= 0.3 is 5.97 Å². The number of rotatable bonds is 8. The van der Waals surface area contributed by atoms with Gasteiger partial charge in [-0.05, 0) is 49.9 Å². The standard InChI is InChI=1S/C24H31ClN2O6/c1-4-13(3)16(12-28)27-20(21(29)26-15-8-6-14(25)7-9-15)24-11-10-17(33-24)18(19(24)22(27)30)23(31)32-5-2/h6-9,13,16-20,28H,4-5,10-12H2,1-3H3,(H,26,29)/t13-,16-,17+,18-,19-,20+,24-/m0/s1. The first kappa shape index (κ1) is 24.0. The quantitative estimate of drug-likeness (QED) is 0.556. The van der Waals surface area contributed by atoms with Gasteiger partial charge in [-0.1, -0.05) is 31.9 Å². The zero-order chi connectivity index (χ0) is 23.9. The van der Waals surface area contributed by atoms with Crippen LogP contribution in [0.5, 0.6) is 0 Å². The molecular formula is C24H31ClN2O6. The molecule has 0 aliphatic carbocycles. The van der Waals surface area contributed by atoms with Crippen LogP contribution < -0.4 is 5.32 Å². The minimum atomic E-state index is -1.13. The third kappa shape index (κ3) is 3.82. The molecule has 1 aromatic rings. The first-order valence-electron chi connectivity index (χ1n) is 11.6. The summed E-state index contributed by atoms with van der Waals surface area (Å²) in [5.41, 5.74) is -0.591. The van der Waals surface area contributed by atoms with Crippen LogP contribution in [0, 0.1) is 17.8 Å². The molecule has 3 aliphatic heterocycles. The zero-order valence-electron chi connectivity index (χ0n) is 19.1. The number of nitrogens with one attached hydrogen (secondary N) is 1. The summed E-state index contributed by atoms with van der Waals surface area (Å²) >= 11 is 5.97. The second-order valence-corrected chi connectivity index (χ2v) is 9.62. The van der Waals surface area contributed by atoms with Gasteiger partial charge in [0.1, 0.15) is 11.6 Å². The second kappa shape index (κ2) is 9.24. The van der Waals surface area contributed by atoms with Crippen LogP contribution in [0.15, 0.2) is 24.3 Å². The molecule has 1 aromatic carbocycles. The van der Waals surface area contributed by atoms with Crippen LogP contribution in [-0.4, -0.2) is 64.8 Å². The van der Waals surface area contributed by atoms with E-state index in [9.17, 15) is 19.5 Å². The van der Waals surface area contributed by atoms with Crippen LogP contribution in [0.3, 0.4) is 0 Å². The largest absolute Gasteiger partial charge is 0.466 e. The Morgan fingerprint density at radius 3 is 2.64 bits per heavy atom. The molecule has 0 unspecified atom stereocenters. The molecule has 1 spiro atoms. The number of anilines is 1. The molecule has 0 aromatic heterocycles. The van der Waals surface area contributed by atoms with Crippen molar-refractivity contribution in [3.05, 3.63) is 29.3 Å². The number of esters is 1. The van der Waals surface area contributed by atoms with E-state index in [1.54, 1.807) is 31.2 Å². The zero-order valence-corrected chi connectivity index (χ0v) is 19.9. The molecule has 0 radical (unpaired) electrons. The van der Waals surface area contributed by atoms with Crippen LogP contribution >= 0.6 is 11.6 Å². The van der Waals surface area contributed by atoms with Gasteiger partial charge < -0.3 is 24.8 Å². The second-order valence-electron chi connectivity index (χ2n) is 9.19. The van der Waals surface area contributed by atoms with E-state index in [0.29, 0.717) is 30.0 Å². The average Bonchev–Trinajstić information content (AvgIpc) is 3.43. The molecule has 8 nitrogen and oxygen atoms in total. The Labute approximate surface area is 198 Å². The van der Waals surface area contributed by atoms with E-state index in [4.69, 9.17) is 21.1 Å². The van der Waals surface area contributed by atoms with Crippen molar-refractivity contribution in [2.24, 2.45) is 17.8 Å². The van der Waals surface area contributed by atoms with Crippen LogP contribution in [0.25, 0.3) is 0 Å². The molecule has 3 fully saturated rings. The van der Waals surface area contributed by atoms with Crippen molar-refractivity contribution < 1.29 is 29.0 Å². The van der Waals surface area contributed by atoms with Gasteiger partial charge in [0, 0.05) is 10.7 Å². The fourth-order valence-corrected chi connectivity index (χ4v) is 5.94. The average molecular weight is 479 g/mol. The van der Waals surface area contributed by atoms with E-state index in [0.717, 1.165) is 0 Å². The number of benzene rings is 1. The number of carbonyl (C=O) groups excluding carboxylic acids is 3. The van der Waals surface area contributed by atoms with Crippen molar-refractivity contribution in [1.82, 2.24) is 4.90 Å². The number of aliphatic hydroxyl groups is 1. The maximum absolute atomic E-state index is 13.9. The lowest BCUT2D eigenvalue weighted by Crippen LogP contribution is -2.57. The molecule has 7 atom stereocenters. The Morgan fingerprint density at radius 1 is 1.33 bits per heavy atom. The number of hydrogen-bond donors (Lipinski definition) is 2. The summed E-state index contributed by atoms with van der Waals surface area (Å²) in [6.07, 6.45) is 1.31. The van der Waals surface area contributed by atoms with Crippen LogP contribution in [0.4, 0.5) is 5.69 Å². The van der Waals surface area contributed by atoms with Gasteiger partial charge in [-0.25, -0.2) is 0 Å². The number of carbonyl (C=O) groups is 3. The van der Waals surface area contributed by atoms with Gasteiger partial charge in [-0.15, -0.1) is 0 Å². The highest BCUT2D eigenvalue weighted by Gasteiger charge is 2.75. The van der Waals surface area contributed by atoms with Gasteiger partial charge in [0.2, 0.25) is 11.8 Å². The van der Waals surface area contributed by atoms with Gasteiger partial charge in [0.15, 0.2) is 0 Å². The fourth-order valence-electron chi connectivity index (χ4n) is 5.81. The Bertz CT molecular complexity index is 924. The molecule has 4 rings (SSSR count). The number of aliphatic hydroxyl groups excluding tert-OH is 1. The number of halogens is 1. The topological polar surface area (TPSA) is 105 Å². The number of likely N-dealkylation sites (tertiary alicyclic amines) is 1. The first-order valence-corrected chi connectivity index (χ1v) is 12.0.